The highest BCUT2D eigenvalue weighted by Crippen LogP contribution is 2.20. The Balaban J connectivity index is 0.00000110. The van der Waals surface area contributed by atoms with Gasteiger partial charge in [-0.05, 0) is 25.1 Å². The van der Waals surface area contributed by atoms with E-state index in [1.165, 1.54) is 0 Å². The van der Waals surface area contributed by atoms with Crippen LogP contribution in [0.1, 0.15) is 12.5 Å². The number of pyridine rings is 1. The van der Waals surface area contributed by atoms with Gasteiger partial charge in [-0.25, -0.2) is 9.98 Å². The minimum Gasteiger partial charge on any atom is -0.356 e. The Labute approximate surface area is 133 Å². The molecule has 0 atom stereocenters. The van der Waals surface area contributed by atoms with E-state index in [-0.39, 0.29) is 30.7 Å². The van der Waals surface area contributed by atoms with Crippen molar-refractivity contribution in [1.29, 1.82) is 0 Å². The number of nitrogens with one attached hydrogen (secondary N) is 3. The van der Waals surface area contributed by atoms with E-state index in [9.17, 15) is 4.79 Å². The molecule has 0 aliphatic carbocycles. The smallest absolute Gasteiger partial charge is 0.276 e. The summed E-state index contributed by atoms with van der Waals surface area (Å²) in [7, 11) is 0. The second kappa shape index (κ2) is 7.10. The molecule has 0 saturated heterocycles. The van der Waals surface area contributed by atoms with Gasteiger partial charge in [0.1, 0.15) is 11.3 Å². The summed E-state index contributed by atoms with van der Waals surface area (Å²) < 4.78 is 0. The zero-order chi connectivity index (χ0) is 13.2. The predicted molar refractivity (Wildman–Crippen MR) is 87.8 cm³/mol. The van der Waals surface area contributed by atoms with Crippen LogP contribution in [0.2, 0.25) is 0 Å². The lowest BCUT2D eigenvalue weighted by molar-refractivity contribution is -0.115. The van der Waals surface area contributed by atoms with E-state index in [1.54, 1.807) is 12.3 Å². The second-order valence-electron chi connectivity index (χ2n) is 4.12. The van der Waals surface area contributed by atoms with Gasteiger partial charge in [0.15, 0.2) is 0 Å². The number of fused-ring (bicyclic) bond motifs is 1. The number of aromatic amines is 1. The lowest BCUT2D eigenvalue weighted by atomic mass is 10.2. The van der Waals surface area contributed by atoms with Crippen molar-refractivity contribution < 1.29 is 4.79 Å². The Morgan fingerprint density at radius 3 is 2.95 bits per heavy atom. The van der Waals surface area contributed by atoms with Crippen LogP contribution in [-0.4, -0.2) is 28.4 Å². The molecule has 2 aromatic heterocycles. The van der Waals surface area contributed by atoms with Gasteiger partial charge in [-0.1, -0.05) is 0 Å². The first-order chi connectivity index (χ1) is 9.28. The van der Waals surface area contributed by atoms with Crippen LogP contribution in [0.5, 0.6) is 0 Å². The van der Waals surface area contributed by atoms with Crippen molar-refractivity contribution in [1.82, 2.24) is 20.6 Å². The minimum absolute atomic E-state index is 0. The molecule has 8 heteroatoms. The molecule has 1 aliphatic rings. The summed E-state index contributed by atoms with van der Waals surface area (Å²) in [6.07, 6.45) is 5.29. The van der Waals surface area contributed by atoms with Gasteiger partial charge in [0, 0.05) is 29.9 Å². The van der Waals surface area contributed by atoms with Crippen molar-refractivity contribution >= 4 is 53.8 Å². The Morgan fingerprint density at radius 2 is 2.19 bits per heavy atom. The summed E-state index contributed by atoms with van der Waals surface area (Å²) in [5.41, 5.74) is 2.08. The normalized spacial score (nSPS) is 15.2. The molecule has 0 unspecified atom stereocenters. The van der Waals surface area contributed by atoms with Crippen LogP contribution in [-0.2, 0) is 4.79 Å². The van der Waals surface area contributed by atoms with E-state index in [0.717, 1.165) is 16.6 Å². The van der Waals surface area contributed by atoms with Gasteiger partial charge in [-0.15, -0.1) is 24.8 Å². The third-order valence-electron chi connectivity index (χ3n) is 2.82. The Kier molecular flexibility index (Phi) is 5.75. The maximum absolute atomic E-state index is 11.8. The van der Waals surface area contributed by atoms with E-state index >= 15 is 0 Å². The van der Waals surface area contributed by atoms with Crippen molar-refractivity contribution in [2.24, 2.45) is 4.99 Å². The maximum atomic E-state index is 11.8. The van der Waals surface area contributed by atoms with E-state index in [4.69, 9.17) is 0 Å². The summed E-state index contributed by atoms with van der Waals surface area (Å²) in [6, 6.07) is 3.81. The van der Waals surface area contributed by atoms with Crippen molar-refractivity contribution in [2.75, 3.05) is 6.54 Å². The molecule has 1 aliphatic heterocycles. The SMILES string of the molecule is CCNC1=NC(=Cc2c[nH]c3ncccc23)C(=O)N1.Cl.Cl. The van der Waals surface area contributed by atoms with Gasteiger partial charge in [-0.3, -0.25) is 10.1 Å². The molecule has 0 fully saturated rings. The van der Waals surface area contributed by atoms with Crippen molar-refractivity contribution in [3.63, 3.8) is 0 Å². The molecule has 112 valence electrons. The lowest BCUT2D eigenvalue weighted by Gasteiger charge is -1.98. The Hall–Kier alpha value is -2.05. The molecular formula is C13H15Cl2N5O. The number of hydrogen-bond acceptors (Lipinski definition) is 4. The minimum atomic E-state index is -0.200. The number of nitrogens with zero attached hydrogens (tertiary/aromatic N) is 2. The van der Waals surface area contributed by atoms with Crippen molar-refractivity contribution in [3.8, 4) is 0 Å². The number of carbonyl (C=O) groups is 1. The van der Waals surface area contributed by atoms with Gasteiger partial charge >= 0.3 is 0 Å². The van der Waals surface area contributed by atoms with Crippen LogP contribution in [0.25, 0.3) is 17.1 Å². The van der Waals surface area contributed by atoms with Gasteiger partial charge in [0.2, 0.25) is 5.96 Å². The van der Waals surface area contributed by atoms with E-state index in [1.807, 2.05) is 25.3 Å². The molecule has 21 heavy (non-hydrogen) atoms. The van der Waals surface area contributed by atoms with Crippen molar-refractivity contribution in [2.45, 2.75) is 6.92 Å². The number of H-pyrrole nitrogens is 1. The van der Waals surface area contributed by atoms with Gasteiger partial charge < -0.3 is 10.3 Å². The van der Waals surface area contributed by atoms with E-state index < -0.39 is 0 Å². The number of aliphatic imine (C=N–C) groups is 1. The summed E-state index contributed by atoms with van der Waals surface area (Å²) in [4.78, 5) is 23.2. The number of hydrogen-bond donors (Lipinski definition) is 3. The molecule has 0 radical (unpaired) electrons. The predicted octanol–water partition coefficient (Wildman–Crippen LogP) is 1.84. The standard InChI is InChI=1S/C13H13N5O.2ClH/c1-2-14-13-17-10(12(19)18-13)6-8-7-16-11-9(8)4-3-5-15-11;;/h3-7H,2H2,1H3,(H,15,16)(H2,14,17,18,19);2*1H. The van der Waals surface area contributed by atoms with Crippen LogP contribution < -0.4 is 10.6 Å². The van der Waals surface area contributed by atoms with E-state index in [2.05, 4.69) is 25.6 Å². The monoisotopic (exact) mass is 327 g/mol. The highest BCUT2D eigenvalue weighted by atomic mass is 35.5. The molecule has 6 nitrogen and oxygen atoms in total. The molecule has 3 heterocycles. The fraction of sp³-hybridized carbons (Fsp3) is 0.154. The Bertz CT molecular complexity index is 707. The first-order valence-corrected chi connectivity index (χ1v) is 6.05. The Morgan fingerprint density at radius 1 is 1.38 bits per heavy atom. The number of amides is 1. The molecule has 1 amide bonds. The molecule has 0 bridgehead atoms. The van der Waals surface area contributed by atoms with Crippen LogP contribution in [0.15, 0.2) is 35.2 Å². The number of guanidine groups is 1. The summed E-state index contributed by atoms with van der Waals surface area (Å²) >= 11 is 0. The average Bonchev–Trinajstić information content (AvgIpc) is 2.96. The zero-order valence-corrected chi connectivity index (χ0v) is 12.8. The third kappa shape index (κ3) is 3.34. The number of carbonyl (C=O) groups excluding carboxylic acids is 1. The molecule has 0 saturated carbocycles. The molecule has 0 spiro atoms. The second-order valence-corrected chi connectivity index (χ2v) is 4.12. The molecule has 3 rings (SSSR count). The fourth-order valence-corrected chi connectivity index (χ4v) is 1.96. The molecular weight excluding hydrogens is 313 g/mol. The molecule has 0 aromatic carbocycles. The van der Waals surface area contributed by atoms with Crippen LogP contribution >= 0.6 is 24.8 Å². The summed E-state index contributed by atoms with van der Waals surface area (Å²) in [6.45, 7) is 2.66. The zero-order valence-electron chi connectivity index (χ0n) is 11.2. The van der Waals surface area contributed by atoms with Gasteiger partial charge in [0.05, 0.1) is 0 Å². The first kappa shape index (κ1) is 17.0. The van der Waals surface area contributed by atoms with Crippen LogP contribution in [0.4, 0.5) is 0 Å². The third-order valence-corrected chi connectivity index (χ3v) is 2.82. The molecule has 3 N–H and O–H groups in total. The number of halogens is 2. The van der Waals surface area contributed by atoms with Crippen LogP contribution in [0, 0.1) is 0 Å². The topological polar surface area (TPSA) is 82.2 Å². The number of aromatic nitrogens is 2. The molecule has 2 aromatic rings. The van der Waals surface area contributed by atoms with E-state index in [0.29, 0.717) is 18.2 Å². The lowest BCUT2D eigenvalue weighted by Crippen LogP contribution is -2.35. The summed E-state index contributed by atoms with van der Waals surface area (Å²) in [5, 5.41) is 6.62. The number of rotatable bonds is 2. The van der Waals surface area contributed by atoms with Crippen molar-refractivity contribution in [3.05, 3.63) is 35.8 Å². The highest BCUT2D eigenvalue weighted by Gasteiger charge is 2.19. The summed E-state index contributed by atoms with van der Waals surface area (Å²) in [5.74, 6) is 0.297. The quantitative estimate of drug-likeness (QED) is 0.736. The highest BCUT2D eigenvalue weighted by molar-refractivity contribution is 6.14. The first-order valence-electron chi connectivity index (χ1n) is 6.05. The van der Waals surface area contributed by atoms with Gasteiger partial charge in [0.25, 0.3) is 5.91 Å². The largest absolute Gasteiger partial charge is 0.356 e. The maximum Gasteiger partial charge on any atom is 0.276 e. The average molecular weight is 328 g/mol. The fourth-order valence-electron chi connectivity index (χ4n) is 1.96. The van der Waals surface area contributed by atoms with Crippen LogP contribution in [0.3, 0.4) is 0 Å². The van der Waals surface area contributed by atoms with Gasteiger partial charge in [-0.2, -0.15) is 0 Å².